The molecule has 0 saturated heterocycles. The first-order valence-electron chi connectivity index (χ1n) is 10.1. The smallest absolute Gasteiger partial charge is 0.317 e. The van der Waals surface area contributed by atoms with Crippen LogP contribution in [0, 0.1) is 5.92 Å². The Bertz CT molecular complexity index is 909. The molecule has 0 saturated carbocycles. The molecule has 2 aromatic rings. The van der Waals surface area contributed by atoms with Gasteiger partial charge in [0.2, 0.25) is 0 Å². The molecule has 0 amide bonds. The molecule has 4 heteroatoms. The summed E-state index contributed by atoms with van der Waals surface area (Å²) in [5.74, 6) is -0.623. The molecule has 2 aromatic carbocycles. The first kappa shape index (κ1) is 20.8. The summed E-state index contributed by atoms with van der Waals surface area (Å²) in [6, 6.07) is 15.9. The van der Waals surface area contributed by atoms with Crippen LogP contribution in [0.4, 0.5) is 0 Å². The van der Waals surface area contributed by atoms with Crippen LogP contribution < -0.4 is 4.74 Å². The van der Waals surface area contributed by atoms with Crippen molar-refractivity contribution in [2.24, 2.45) is 5.92 Å². The van der Waals surface area contributed by atoms with E-state index >= 15 is 0 Å². The van der Waals surface area contributed by atoms with Crippen LogP contribution in [0.2, 0.25) is 0 Å². The number of ketones is 1. The normalized spacial score (nSPS) is 19.1. The quantitative estimate of drug-likeness (QED) is 0.505. The van der Waals surface area contributed by atoms with Crippen molar-refractivity contribution in [1.29, 1.82) is 0 Å². The lowest BCUT2D eigenvalue weighted by atomic mass is 9.73. The van der Waals surface area contributed by atoms with Crippen LogP contribution in [0.1, 0.15) is 55.7 Å². The maximum Gasteiger partial charge on any atom is 0.317 e. The maximum atomic E-state index is 13.0. The molecular weight excluding hydrogens is 364 g/mol. The fourth-order valence-electron chi connectivity index (χ4n) is 3.92. The van der Waals surface area contributed by atoms with Gasteiger partial charge in [0.25, 0.3) is 0 Å². The summed E-state index contributed by atoms with van der Waals surface area (Å²) in [7, 11) is 1.62. The molecule has 0 fully saturated rings. The Hall–Kier alpha value is -2.88. The minimum absolute atomic E-state index is 0.214. The first-order valence-corrected chi connectivity index (χ1v) is 10.1. The summed E-state index contributed by atoms with van der Waals surface area (Å²) >= 11 is 0. The van der Waals surface area contributed by atoms with E-state index in [9.17, 15) is 9.59 Å². The Morgan fingerprint density at radius 1 is 1.10 bits per heavy atom. The molecule has 0 heterocycles. The number of allylic oxidation sites excluding steroid dienone is 2. The van der Waals surface area contributed by atoms with Crippen molar-refractivity contribution in [3.63, 3.8) is 0 Å². The lowest BCUT2D eigenvalue weighted by Crippen LogP contribution is -2.34. The zero-order chi connectivity index (χ0) is 21.0. The van der Waals surface area contributed by atoms with Crippen LogP contribution in [0.25, 0.3) is 5.57 Å². The second kappa shape index (κ2) is 9.08. The summed E-state index contributed by atoms with van der Waals surface area (Å²) in [6.45, 7) is 6.30. The molecule has 0 N–H and O–H groups in total. The van der Waals surface area contributed by atoms with Crippen molar-refractivity contribution < 1.29 is 19.1 Å². The van der Waals surface area contributed by atoms with Gasteiger partial charge in [0.05, 0.1) is 13.7 Å². The summed E-state index contributed by atoms with van der Waals surface area (Å²) in [6.07, 6.45) is 2.15. The monoisotopic (exact) mass is 392 g/mol. The second-order valence-corrected chi connectivity index (χ2v) is 7.63. The molecule has 29 heavy (non-hydrogen) atoms. The van der Waals surface area contributed by atoms with Crippen molar-refractivity contribution in [2.75, 3.05) is 13.7 Å². The van der Waals surface area contributed by atoms with E-state index in [1.54, 1.807) is 20.1 Å². The van der Waals surface area contributed by atoms with Crippen LogP contribution in [-0.2, 0) is 14.3 Å². The van der Waals surface area contributed by atoms with Crippen LogP contribution in [0.3, 0.4) is 0 Å². The molecule has 3 rings (SSSR count). The van der Waals surface area contributed by atoms with Gasteiger partial charge in [0, 0.05) is 11.5 Å². The number of para-hydroxylation sites is 1. The number of ether oxygens (including phenoxy) is 2. The lowest BCUT2D eigenvalue weighted by Gasteiger charge is -2.30. The van der Waals surface area contributed by atoms with Gasteiger partial charge in [-0.25, -0.2) is 0 Å². The highest BCUT2D eigenvalue weighted by molar-refractivity contribution is 6.11. The Labute approximate surface area is 172 Å². The summed E-state index contributed by atoms with van der Waals surface area (Å²) in [4.78, 5) is 25.7. The van der Waals surface area contributed by atoms with Gasteiger partial charge in [-0.2, -0.15) is 0 Å². The van der Waals surface area contributed by atoms with Crippen LogP contribution in [-0.4, -0.2) is 25.5 Å². The number of carbonyl (C=O) groups excluding carboxylic acids is 2. The van der Waals surface area contributed by atoms with Gasteiger partial charge in [-0.1, -0.05) is 56.3 Å². The Morgan fingerprint density at radius 2 is 1.79 bits per heavy atom. The number of methoxy groups -OCH3 is 1. The molecule has 2 atom stereocenters. The van der Waals surface area contributed by atoms with E-state index in [2.05, 4.69) is 26.0 Å². The Kier molecular flexibility index (Phi) is 6.53. The van der Waals surface area contributed by atoms with Crippen molar-refractivity contribution in [2.45, 2.75) is 39.0 Å². The molecule has 0 bridgehead atoms. The predicted molar refractivity (Wildman–Crippen MR) is 114 cm³/mol. The molecule has 4 nitrogen and oxygen atoms in total. The highest BCUT2D eigenvalue weighted by atomic mass is 16.5. The number of carbonyl (C=O) groups is 2. The van der Waals surface area contributed by atoms with E-state index in [1.165, 1.54) is 5.56 Å². The standard InChI is InChI=1S/C25H28O4/c1-5-29-25(27)24-21(18-12-10-17(11-13-18)16(2)3)14-19(15-22(24)26)20-8-6-7-9-23(20)28-4/h6-13,15-16,21,24H,5,14H2,1-4H3/t21-,24+/m1/s1. The average Bonchev–Trinajstić information content (AvgIpc) is 2.73. The van der Waals surface area contributed by atoms with E-state index in [4.69, 9.17) is 9.47 Å². The number of benzene rings is 2. The molecule has 1 aliphatic rings. The van der Waals surface area contributed by atoms with Gasteiger partial charge in [-0.15, -0.1) is 0 Å². The van der Waals surface area contributed by atoms with Gasteiger partial charge in [0.1, 0.15) is 11.7 Å². The van der Waals surface area contributed by atoms with Crippen molar-refractivity contribution in [3.05, 3.63) is 71.3 Å². The molecule has 1 aliphatic carbocycles. The fourth-order valence-corrected chi connectivity index (χ4v) is 3.92. The Balaban J connectivity index is 2.03. The van der Waals surface area contributed by atoms with Crippen molar-refractivity contribution in [3.8, 4) is 5.75 Å². The number of esters is 1. The van der Waals surface area contributed by atoms with Crippen LogP contribution >= 0.6 is 0 Å². The van der Waals surface area contributed by atoms with Gasteiger partial charge >= 0.3 is 5.97 Å². The highest BCUT2D eigenvalue weighted by Crippen LogP contribution is 2.42. The average molecular weight is 392 g/mol. The van der Waals surface area contributed by atoms with Crippen LogP contribution in [0.15, 0.2) is 54.6 Å². The van der Waals surface area contributed by atoms with Gasteiger partial charge in [-0.3, -0.25) is 9.59 Å². The topological polar surface area (TPSA) is 52.6 Å². The van der Waals surface area contributed by atoms with Gasteiger partial charge in [-0.05, 0) is 48.1 Å². The van der Waals surface area contributed by atoms with E-state index in [1.807, 2.05) is 36.4 Å². The van der Waals surface area contributed by atoms with E-state index in [-0.39, 0.29) is 18.3 Å². The molecule has 0 unspecified atom stereocenters. The molecule has 152 valence electrons. The first-order chi connectivity index (χ1) is 14.0. The largest absolute Gasteiger partial charge is 0.496 e. The van der Waals surface area contributed by atoms with Crippen molar-refractivity contribution in [1.82, 2.24) is 0 Å². The zero-order valence-electron chi connectivity index (χ0n) is 17.5. The van der Waals surface area contributed by atoms with Gasteiger partial charge < -0.3 is 9.47 Å². The minimum atomic E-state index is -0.821. The zero-order valence-corrected chi connectivity index (χ0v) is 17.5. The van der Waals surface area contributed by atoms with E-state index in [0.29, 0.717) is 12.3 Å². The molecule has 0 aliphatic heterocycles. The minimum Gasteiger partial charge on any atom is -0.496 e. The third kappa shape index (κ3) is 4.42. The van der Waals surface area contributed by atoms with Crippen LogP contribution in [0.5, 0.6) is 5.75 Å². The predicted octanol–water partition coefficient (Wildman–Crippen LogP) is 5.14. The molecule has 0 radical (unpaired) electrons. The second-order valence-electron chi connectivity index (χ2n) is 7.63. The highest BCUT2D eigenvalue weighted by Gasteiger charge is 2.40. The third-order valence-electron chi connectivity index (χ3n) is 5.49. The van der Waals surface area contributed by atoms with E-state index in [0.717, 1.165) is 22.4 Å². The molecule has 0 spiro atoms. The third-order valence-corrected chi connectivity index (χ3v) is 5.49. The van der Waals surface area contributed by atoms with E-state index < -0.39 is 11.9 Å². The molecule has 0 aromatic heterocycles. The number of hydrogen-bond acceptors (Lipinski definition) is 4. The molecular formula is C25H28O4. The fraction of sp³-hybridized carbons (Fsp3) is 0.360. The SMILES string of the molecule is CCOC(=O)[C@@H]1C(=O)C=C(c2ccccc2OC)C[C@@H]1c1ccc(C(C)C)cc1. The summed E-state index contributed by atoms with van der Waals surface area (Å²) in [5, 5.41) is 0. The number of rotatable bonds is 6. The van der Waals surface area contributed by atoms with Crippen molar-refractivity contribution >= 4 is 17.3 Å². The summed E-state index contributed by atoms with van der Waals surface area (Å²) < 4.78 is 10.7. The maximum absolute atomic E-state index is 13.0. The summed E-state index contributed by atoms with van der Waals surface area (Å²) in [5.41, 5.74) is 3.96. The Morgan fingerprint density at radius 3 is 2.41 bits per heavy atom. The number of hydrogen-bond donors (Lipinski definition) is 0. The van der Waals surface area contributed by atoms with Gasteiger partial charge in [0.15, 0.2) is 5.78 Å². The lowest BCUT2D eigenvalue weighted by molar-refractivity contribution is -0.151.